The lowest BCUT2D eigenvalue weighted by atomic mass is 10.3. The third-order valence-corrected chi connectivity index (χ3v) is 6.11. The van der Waals surface area contributed by atoms with Gasteiger partial charge in [0.2, 0.25) is 10.0 Å². The van der Waals surface area contributed by atoms with Crippen molar-refractivity contribution in [3.8, 4) is 16.5 Å². The topological polar surface area (TPSA) is 95.2 Å². The number of hydrogen-bond donors (Lipinski definition) is 1. The number of thiophene rings is 1. The van der Waals surface area contributed by atoms with Crippen molar-refractivity contribution in [3.05, 3.63) is 52.3 Å². The van der Waals surface area contributed by atoms with Crippen LogP contribution >= 0.6 is 11.3 Å². The average molecular weight is 448 g/mol. The monoisotopic (exact) mass is 448 g/mol. The Labute approximate surface area is 167 Å². The molecule has 0 unspecified atom stereocenters. The van der Waals surface area contributed by atoms with Gasteiger partial charge >= 0.3 is 12.1 Å². The van der Waals surface area contributed by atoms with Crippen LogP contribution in [-0.2, 0) is 23.6 Å². The molecule has 0 saturated heterocycles. The number of ether oxygens (including phenoxy) is 1. The Balaban J connectivity index is 1.66. The lowest BCUT2D eigenvalue weighted by molar-refractivity contribution is -0.274. The molecule has 8 nitrogen and oxygen atoms in total. The largest absolute Gasteiger partial charge is 0.573 e. The number of nitrogens with zero attached hydrogens (tertiary/aromatic N) is 3. The fourth-order valence-electron chi connectivity index (χ4n) is 2.44. The first-order valence-electron chi connectivity index (χ1n) is 8.10. The molecule has 0 saturated carbocycles. The average Bonchev–Trinajstić information content (AvgIpc) is 3.25. The van der Waals surface area contributed by atoms with Crippen molar-refractivity contribution in [1.82, 2.24) is 19.1 Å². The van der Waals surface area contributed by atoms with E-state index in [0.717, 1.165) is 33.8 Å². The van der Waals surface area contributed by atoms with E-state index in [1.54, 1.807) is 7.05 Å². The van der Waals surface area contributed by atoms with E-state index in [2.05, 4.69) is 14.6 Å². The number of sulfonamides is 1. The zero-order valence-corrected chi connectivity index (χ0v) is 16.5. The predicted octanol–water partition coefficient (Wildman–Crippen LogP) is 2.19. The smallest absolute Gasteiger partial charge is 0.406 e. The molecule has 13 heteroatoms. The van der Waals surface area contributed by atoms with Gasteiger partial charge in [0, 0.05) is 13.6 Å². The second-order valence-corrected chi connectivity index (χ2v) is 8.50. The van der Waals surface area contributed by atoms with Crippen molar-refractivity contribution in [2.75, 3.05) is 6.54 Å². The number of hydrogen-bond acceptors (Lipinski definition) is 6. The van der Waals surface area contributed by atoms with Crippen LogP contribution in [0.5, 0.6) is 5.75 Å². The van der Waals surface area contributed by atoms with Crippen LogP contribution in [0.3, 0.4) is 0 Å². The summed E-state index contributed by atoms with van der Waals surface area (Å²) < 4.78 is 69.5. The van der Waals surface area contributed by atoms with E-state index in [-0.39, 0.29) is 18.0 Å². The van der Waals surface area contributed by atoms with Crippen molar-refractivity contribution < 1.29 is 26.3 Å². The van der Waals surface area contributed by atoms with E-state index in [1.807, 2.05) is 17.5 Å². The summed E-state index contributed by atoms with van der Waals surface area (Å²) in [7, 11) is -2.42. The molecule has 1 aromatic carbocycles. The van der Waals surface area contributed by atoms with Crippen LogP contribution in [0, 0.1) is 0 Å². The van der Waals surface area contributed by atoms with E-state index in [9.17, 15) is 26.4 Å². The molecule has 3 aromatic rings. The van der Waals surface area contributed by atoms with E-state index < -0.39 is 27.8 Å². The molecule has 0 aliphatic carbocycles. The number of halogens is 3. The molecule has 0 aliphatic rings. The second kappa shape index (κ2) is 8.00. The molecule has 2 aromatic heterocycles. The van der Waals surface area contributed by atoms with Gasteiger partial charge in [-0.3, -0.25) is 4.57 Å². The third-order valence-electron chi connectivity index (χ3n) is 3.77. The van der Waals surface area contributed by atoms with Crippen LogP contribution in [0.4, 0.5) is 13.2 Å². The normalized spacial score (nSPS) is 12.3. The summed E-state index contributed by atoms with van der Waals surface area (Å²) in [6, 6.07) is 7.42. The van der Waals surface area contributed by atoms with Crippen molar-refractivity contribution in [2.24, 2.45) is 7.05 Å². The van der Waals surface area contributed by atoms with Crippen LogP contribution in [-0.4, -0.2) is 35.7 Å². The number of benzene rings is 1. The summed E-state index contributed by atoms with van der Waals surface area (Å²) in [4.78, 5) is 12.8. The quantitative estimate of drug-likeness (QED) is 0.598. The molecule has 3 rings (SSSR count). The summed E-state index contributed by atoms with van der Waals surface area (Å²) in [5, 5.41) is 6.05. The minimum absolute atomic E-state index is 0.0213. The Bertz CT molecular complexity index is 1130. The van der Waals surface area contributed by atoms with Gasteiger partial charge in [-0.1, -0.05) is 6.07 Å². The van der Waals surface area contributed by atoms with Crippen LogP contribution < -0.4 is 15.1 Å². The molecule has 29 heavy (non-hydrogen) atoms. The number of aromatic nitrogens is 3. The zero-order valence-electron chi connectivity index (χ0n) is 14.9. The van der Waals surface area contributed by atoms with Crippen LogP contribution in [0.2, 0.25) is 0 Å². The van der Waals surface area contributed by atoms with E-state index in [1.165, 1.54) is 15.9 Å². The molecule has 0 atom stereocenters. The van der Waals surface area contributed by atoms with Gasteiger partial charge in [-0.15, -0.1) is 29.6 Å². The fourth-order valence-corrected chi connectivity index (χ4v) is 4.21. The van der Waals surface area contributed by atoms with Gasteiger partial charge in [0.15, 0.2) is 5.82 Å². The Morgan fingerprint density at radius 1 is 1.21 bits per heavy atom. The maximum Gasteiger partial charge on any atom is 0.573 e. The van der Waals surface area contributed by atoms with E-state index in [0.29, 0.717) is 5.82 Å². The molecule has 156 valence electrons. The minimum atomic E-state index is -4.86. The van der Waals surface area contributed by atoms with Gasteiger partial charge in [0.1, 0.15) is 5.75 Å². The Kier molecular flexibility index (Phi) is 5.82. The number of nitrogens with one attached hydrogen (secondary N) is 1. The first-order valence-corrected chi connectivity index (χ1v) is 10.5. The molecule has 0 radical (unpaired) electrons. The summed E-state index contributed by atoms with van der Waals surface area (Å²) in [5.41, 5.74) is -0.402. The standard InChI is InChI=1S/C16H15F3N4O4S2/c1-22-14(13-3-2-10-28-13)21-23(15(22)24)9-8-20-29(25,26)12-6-4-11(5-7-12)27-16(17,18)19/h2-7,10,20H,8-9H2,1H3. The van der Waals surface area contributed by atoms with Gasteiger partial charge in [0.25, 0.3) is 0 Å². The predicted molar refractivity (Wildman–Crippen MR) is 99.1 cm³/mol. The zero-order chi connectivity index (χ0) is 21.2. The van der Waals surface area contributed by atoms with E-state index in [4.69, 9.17) is 0 Å². The van der Waals surface area contributed by atoms with Crippen molar-refractivity contribution in [3.63, 3.8) is 0 Å². The fraction of sp³-hybridized carbons (Fsp3) is 0.250. The minimum Gasteiger partial charge on any atom is -0.406 e. The highest BCUT2D eigenvalue weighted by molar-refractivity contribution is 7.89. The van der Waals surface area contributed by atoms with Crippen molar-refractivity contribution in [1.29, 1.82) is 0 Å². The van der Waals surface area contributed by atoms with Crippen LogP contribution in [0.1, 0.15) is 0 Å². The molecular weight excluding hydrogens is 433 g/mol. The van der Waals surface area contributed by atoms with Gasteiger partial charge in [0.05, 0.1) is 16.3 Å². The third kappa shape index (κ3) is 5.05. The maximum atomic E-state index is 12.3. The lowest BCUT2D eigenvalue weighted by Gasteiger charge is -2.10. The number of rotatable bonds is 7. The molecule has 0 fully saturated rings. The Hall–Kier alpha value is -2.64. The van der Waals surface area contributed by atoms with Crippen LogP contribution in [0.25, 0.3) is 10.7 Å². The molecular formula is C16H15F3N4O4S2. The molecule has 1 N–H and O–H groups in total. The molecule has 0 bridgehead atoms. The second-order valence-electron chi connectivity index (χ2n) is 5.78. The summed E-state index contributed by atoms with van der Waals surface area (Å²) >= 11 is 1.41. The van der Waals surface area contributed by atoms with Crippen LogP contribution in [0.15, 0.2) is 51.5 Å². The summed E-state index contributed by atoms with van der Waals surface area (Å²) in [6.45, 7) is -0.156. The summed E-state index contributed by atoms with van der Waals surface area (Å²) in [6.07, 6.45) is -4.86. The van der Waals surface area contributed by atoms with Crippen molar-refractivity contribution in [2.45, 2.75) is 17.8 Å². The van der Waals surface area contributed by atoms with Gasteiger partial charge < -0.3 is 4.74 Å². The molecule has 2 heterocycles. The highest BCUT2D eigenvalue weighted by atomic mass is 32.2. The van der Waals surface area contributed by atoms with Crippen molar-refractivity contribution >= 4 is 21.4 Å². The SMILES string of the molecule is Cn1c(-c2cccs2)nn(CCNS(=O)(=O)c2ccc(OC(F)(F)F)cc2)c1=O. The first kappa shape index (κ1) is 21.1. The Morgan fingerprint density at radius 2 is 1.90 bits per heavy atom. The number of alkyl halides is 3. The highest BCUT2D eigenvalue weighted by Gasteiger charge is 2.31. The molecule has 0 amide bonds. The molecule has 0 spiro atoms. The Morgan fingerprint density at radius 3 is 2.48 bits per heavy atom. The van der Waals surface area contributed by atoms with E-state index >= 15 is 0 Å². The lowest BCUT2D eigenvalue weighted by Crippen LogP contribution is -2.31. The summed E-state index contributed by atoms with van der Waals surface area (Å²) in [5.74, 6) is -0.0642. The van der Waals surface area contributed by atoms with Gasteiger partial charge in [-0.2, -0.15) is 0 Å². The highest BCUT2D eigenvalue weighted by Crippen LogP contribution is 2.24. The molecule has 0 aliphatic heterocycles. The van der Waals surface area contributed by atoms with Gasteiger partial charge in [-0.25, -0.2) is 22.6 Å². The van der Waals surface area contributed by atoms with Gasteiger partial charge in [-0.05, 0) is 35.7 Å². The first-order chi connectivity index (χ1) is 13.6. The maximum absolute atomic E-state index is 12.3.